The summed E-state index contributed by atoms with van der Waals surface area (Å²) in [5.74, 6) is -8.71. The fourth-order valence-corrected chi connectivity index (χ4v) is 6.01. The first-order chi connectivity index (χ1) is 18.2. The van der Waals surface area contributed by atoms with Crippen molar-refractivity contribution in [3.63, 3.8) is 0 Å². The normalized spacial score (nSPS) is 18.6. The summed E-state index contributed by atoms with van der Waals surface area (Å²) in [6.07, 6.45) is 0.708. The van der Waals surface area contributed by atoms with Crippen LogP contribution in [0, 0.1) is 30.2 Å². The van der Waals surface area contributed by atoms with E-state index < -0.39 is 46.0 Å². The molecule has 0 radical (unpaired) electrons. The minimum absolute atomic E-state index is 0.0987. The number of rotatable bonds is 1. The molecule has 4 aromatic carbocycles. The lowest BCUT2D eigenvalue weighted by molar-refractivity contribution is 0.0217. The Labute approximate surface area is 219 Å². The van der Waals surface area contributed by atoms with Gasteiger partial charge in [-0.2, -0.15) is 0 Å². The van der Waals surface area contributed by atoms with Crippen molar-refractivity contribution in [3.05, 3.63) is 116 Å². The molecule has 0 aliphatic carbocycles. The SMILES string of the molecule is Cc1ccc2c(c1)CCN2c1cccc2c1C1(OC(=O)c3c(F)c(F)c(F)c(F)c31)c1ccc(Cl)cc1O2. The second-order valence-corrected chi connectivity index (χ2v) is 9.94. The first kappa shape index (κ1) is 23.1. The molecule has 0 fully saturated rings. The molecule has 4 aromatic rings. The Morgan fingerprint density at radius 3 is 2.47 bits per heavy atom. The summed E-state index contributed by atoms with van der Waals surface area (Å²) in [5.41, 5.74) is -0.136. The number of fused-ring (bicyclic) bond motifs is 7. The molecular weight excluding hydrogens is 522 g/mol. The molecule has 4 nitrogen and oxygen atoms in total. The summed E-state index contributed by atoms with van der Waals surface area (Å²) in [7, 11) is 0. The number of ether oxygens (including phenoxy) is 2. The lowest BCUT2D eigenvalue weighted by Crippen LogP contribution is -2.36. The molecule has 1 spiro atoms. The average Bonchev–Trinajstić information content (AvgIpc) is 3.44. The van der Waals surface area contributed by atoms with Crippen molar-refractivity contribution in [2.75, 3.05) is 11.4 Å². The Morgan fingerprint density at radius 1 is 0.868 bits per heavy atom. The van der Waals surface area contributed by atoms with E-state index in [2.05, 4.69) is 6.07 Å². The number of carbonyl (C=O) groups is 1. The number of carbonyl (C=O) groups excluding carboxylic acids is 1. The zero-order valence-corrected chi connectivity index (χ0v) is 20.4. The minimum Gasteiger partial charge on any atom is -0.456 e. The number of esters is 1. The molecule has 38 heavy (non-hydrogen) atoms. The highest BCUT2D eigenvalue weighted by atomic mass is 35.5. The lowest BCUT2D eigenvalue weighted by Gasteiger charge is -2.39. The summed E-state index contributed by atoms with van der Waals surface area (Å²) < 4.78 is 71.8. The third-order valence-corrected chi connectivity index (χ3v) is 7.62. The van der Waals surface area contributed by atoms with Gasteiger partial charge < -0.3 is 14.4 Å². The molecule has 0 aromatic heterocycles. The van der Waals surface area contributed by atoms with Crippen LogP contribution in [0.3, 0.4) is 0 Å². The van der Waals surface area contributed by atoms with Crippen molar-refractivity contribution in [1.29, 1.82) is 0 Å². The van der Waals surface area contributed by atoms with Crippen LogP contribution in [-0.4, -0.2) is 12.5 Å². The van der Waals surface area contributed by atoms with Gasteiger partial charge in [-0.15, -0.1) is 0 Å². The van der Waals surface area contributed by atoms with Crippen LogP contribution in [-0.2, 0) is 16.8 Å². The summed E-state index contributed by atoms with van der Waals surface area (Å²) >= 11 is 6.19. The van der Waals surface area contributed by atoms with E-state index in [0.717, 1.165) is 16.8 Å². The Bertz CT molecular complexity index is 1740. The second-order valence-electron chi connectivity index (χ2n) is 9.50. The van der Waals surface area contributed by atoms with E-state index in [1.807, 2.05) is 24.0 Å². The van der Waals surface area contributed by atoms with Crippen molar-refractivity contribution >= 4 is 28.9 Å². The van der Waals surface area contributed by atoms with E-state index in [-0.39, 0.29) is 27.6 Å². The van der Waals surface area contributed by atoms with Crippen LogP contribution in [0.1, 0.15) is 38.2 Å². The Balaban J connectivity index is 1.60. The average molecular weight is 538 g/mol. The molecule has 190 valence electrons. The Kier molecular flexibility index (Phi) is 4.70. The quantitative estimate of drug-likeness (QED) is 0.109. The van der Waals surface area contributed by atoms with E-state index in [1.165, 1.54) is 18.2 Å². The van der Waals surface area contributed by atoms with Crippen LogP contribution >= 0.6 is 11.6 Å². The van der Waals surface area contributed by atoms with E-state index in [1.54, 1.807) is 18.2 Å². The van der Waals surface area contributed by atoms with Gasteiger partial charge in [0.15, 0.2) is 23.3 Å². The molecule has 3 aliphatic heterocycles. The first-order valence-corrected chi connectivity index (χ1v) is 12.2. The highest BCUT2D eigenvalue weighted by molar-refractivity contribution is 6.30. The molecule has 1 unspecified atom stereocenters. The van der Waals surface area contributed by atoms with E-state index in [4.69, 9.17) is 21.1 Å². The summed E-state index contributed by atoms with van der Waals surface area (Å²) in [6, 6.07) is 15.3. The standard InChI is InChI=1S/C29H16ClF4NO3/c1-13-5-8-17-14(11-13)9-10-35(17)18-3-2-4-19-22(18)29(16-7-6-15(30)12-20(16)37-19)23-21(28(36)38-29)24(31)26(33)27(34)25(23)32/h2-8,11-12H,9-10H2,1H3. The van der Waals surface area contributed by atoms with Gasteiger partial charge >= 0.3 is 5.97 Å². The number of nitrogens with zero attached hydrogens (tertiary/aromatic N) is 1. The molecule has 0 bridgehead atoms. The number of aryl methyl sites for hydroxylation is 1. The fourth-order valence-electron chi connectivity index (χ4n) is 5.85. The van der Waals surface area contributed by atoms with Crippen LogP contribution in [0.4, 0.5) is 28.9 Å². The maximum absolute atomic E-state index is 15.7. The van der Waals surface area contributed by atoms with Crippen molar-refractivity contribution in [2.45, 2.75) is 18.9 Å². The summed E-state index contributed by atoms with van der Waals surface area (Å²) in [5, 5.41) is 0.267. The van der Waals surface area contributed by atoms with E-state index >= 15 is 8.78 Å². The summed E-state index contributed by atoms with van der Waals surface area (Å²) in [6.45, 7) is 2.52. The second kappa shape index (κ2) is 7.74. The zero-order valence-electron chi connectivity index (χ0n) is 19.7. The van der Waals surface area contributed by atoms with Gasteiger partial charge in [0.1, 0.15) is 17.1 Å². The van der Waals surface area contributed by atoms with Crippen LogP contribution in [0.15, 0.2) is 54.6 Å². The van der Waals surface area contributed by atoms with Crippen molar-refractivity contribution in [2.24, 2.45) is 0 Å². The molecule has 0 saturated heterocycles. The fraction of sp³-hybridized carbons (Fsp3) is 0.138. The molecule has 0 saturated carbocycles. The highest BCUT2D eigenvalue weighted by Gasteiger charge is 2.59. The van der Waals surface area contributed by atoms with E-state index in [0.29, 0.717) is 18.7 Å². The van der Waals surface area contributed by atoms with Gasteiger partial charge in [0.25, 0.3) is 0 Å². The summed E-state index contributed by atoms with van der Waals surface area (Å²) in [4.78, 5) is 15.1. The smallest absolute Gasteiger partial charge is 0.343 e. The van der Waals surface area contributed by atoms with Gasteiger partial charge in [-0.25, -0.2) is 22.4 Å². The zero-order chi connectivity index (χ0) is 26.5. The number of hydrogen-bond donors (Lipinski definition) is 0. The van der Waals surface area contributed by atoms with Gasteiger partial charge in [0.05, 0.1) is 16.8 Å². The number of halogens is 5. The number of benzene rings is 4. The topological polar surface area (TPSA) is 38.8 Å². The molecule has 0 N–H and O–H groups in total. The molecule has 0 amide bonds. The van der Waals surface area contributed by atoms with Gasteiger partial charge in [-0.05, 0) is 55.3 Å². The van der Waals surface area contributed by atoms with Gasteiger partial charge in [0, 0.05) is 22.8 Å². The van der Waals surface area contributed by atoms with Crippen molar-refractivity contribution in [1.82, 2.24) is 0 Å². The molecule has 9 heteroatoms. The predicted octanol–water partition coefficient (Wildman–Crippen LogP) is 7.47. The largest absolute Gasteiger partial charge is 0.456 e. The molecule has 7 rings (SSSR count). The first-order valence-electron chi connectivity index (χ1n) is 11.8. The lowest BCUT2D eigenvalue weighted by atomic mass is 9.76. The number of hydrogen-bond acceptors (Lipinski definition) is 4. The van der Waals surface area contributed by atoms with Crippen LogP contribution < -0.4 is 9.64 Å². The van der Waals surface area contributed by atoms with E-state index in [9.17, 15) is 13.6 Å². The van der Waals surface area contributed by atoms with Gasteiger partial charge in [0.2, 0.25) is 5.60 Å². The molecule has 3 heterocycles. The predicted molar refractivity (Wildman–Crippen MR) is 131 cm³/mol. The van der Waals surface area contributed by atoms with Crippen LogP contribution in [0.25, 0.3) is 0 Å². The minimum atomic E-state index is -2.18. The molecular formula is C29H16ClF4NO3. The Morgan fingerprint density at radius 2 is 1.66 bits per heavy atom. The third kappa shape index (κ3) is 2.83. The maximum atomic E-state index is 15.7. The Hall–Kier alpha value is -4.04. The van der Waals surface area contributed by atoms with Crippen molar-refractivity contribution in [3.8, 4) is 11.5 Å². The van der Waals surface area contributed by atoms with Crippen LogP contribution in [0.5, 0.6) is 11.5 Å². The third-order valence-electron chi connectivity index (χ3n) is 7.39. The molecule has 3 aliphatic rings. The van der Waals surface area contributed by atoms with Gasteiger partial charge in [-0.3, -0.25) is 0 Å². The monoisotopic (exact) mass is 537 g/mol. The maximum Gasteiger partial charge on any atom is 0.343 e. The highest BCUT2D eigenvalue weighted by Crippen LogP contribution is 2.60. The van der Waals surface area contributed by atoms with Crippen LogP contribution in [0.2, 0.25) is 5.02 Å². The molecule has 1 atom stereocenters. The van der Waals surface area contributed by atoms with Crippen molar-refractivity contribution < 1.29 is 31.8 Å². The number of anilines is 2. The van der Waals surface area contributed by atoms with Gasteiger partial charge in [-0.1, -0.05) is 35.4 Å².